The van der Waals surface area contributed by atoms with Gasteiger partial charge in [-0.2, -0.15) is 0 Å². The highest BCUT2D eigenvalue weighted by atomic mass is 16.5. The number of nitrogens with one attached hydrogen (secondary N) is 2. The third-order valence-electron chi connectivity index (χ3n) is 3.60. The van der Waals surface area contributed by atoms with Crippen LogP contribution < -0.4 is 15.6 Å². The van der Waals surface area contributed by atoms with Gasteiger partial charge in [-0.1, -0.05) is 12.1 Å². The van der Waals surface area contributed by atoms with Crippen LogP contribution in [0.1, 0.15) is 30.1 Å². The summed E-state index contributed by atoms with van der Waals surface area (Å²) in [6, 6.07) is 9.50. The van der Waals surface area contributed by atoms with E-state index < -0.39 is 0 Å². The van der Waals surface area contributed by atoms with Crippen LogP contribution in [0.5, 0.6) is 5.75 Å². The standard InChI is InChI=1S/C16H19N3O2/c1-21-13-6-2-11(3-7-13)8-9-17-14-10-15(20)19-16(18-14)12-4-5-12/h2-3,6-7,10,12H,4-5,8-9H2,1H3,(H2,17,18,19,20). The van der Waals surface area contributed by atoms with Gasteiger partial charge in [0, 0.05) is 18.5 Å². The number of hydrogen-bond acceptors (Lipinski definition) is 4. The molecule has 0 unspecified atom stereocenters. The SMILES string of the molecule is COc1ccc(CCNc2cc(=O)[nH]c(C3CC3)n2)cc1. The van der Waals surface area contributed by atoms with Crippen LogP contribution in [0.2, 0.25) is 0 Å². The highest BCUT2D eigenvalue weighted by molar-refractivity contribution is 5.35. The number of benzene rings is 1. The summed E-state index contributed by atoms with van der Waals surface area (Å²) in [5.74, 6) is 2.78. The molecule has 21 heavy (non-hydrogen) atoms. The molecule has 0 spiro atoms. The minimum absolute atomic E-state index is 0.0844. The normalized spacial score (nSPS) is 14.0. The van der Waals surface area contributed by atoms with Crippen LogP contribution in [0.25, 0.3) is 0 Å². The highest BCUT2D eigenvalue weighted by Crippen LogP contribution is 2.37. The first-order chi connectivity index (χ1) is 10.2. The van der Waals surface area contributed by atoms with Crippen LogP contribution in [-0.2, 0) is 6.42 Å². The summed E-state index contributed by atoms with van der Waals surface area (Å²) in [6.07, 6.45) is 3.12. The number of hydrogen-bond donors (Lipinski definition) is 2. The van der Waals surface area contributed by atoms with E-state index in [9.17, 15) is 4.79 Å². The first kappa shape index (κ1) is 13.7. The van der Waals surface area contributed by atoms with Crippen molar-refractivity contribution in [2.24, 2.45) is 0 Å². The summed E-state index contributed by atoms with van der Waals surface area (Å²) < 4.78 is 5.13. The number of methoxy groups -OCH3 is 1. The molecule has 1 saturated carbocycles. The van der Waals surface area contributed by atoms with E-state index in [1.165, 1.54) is 11.6 Å². The number of H-pyrrole nitrogens is 1. The van der Waals surface area contributed by atoms with Gasteiger partial charge in [-0.25, -0.2) is 4.98 Å². The molecule has 1 aromatic carbocycles. The van der Waals surface area contributed by atoms with Crippen molar-refractivity contribution in [2.75, 3.05) is 19.0 Å². The van der Waals surface area contributed by atoms with E-state index in [-0.39, 0.29) is 5.56 Å². The number of nitrogens with zero attached hydrogens (tertiary/aromatic N) is 1. The fourth-order valence-electron chi connectivity index (χ4n) is 2.24. The van der Waals surface area contributed by atoms with Crippen LogP contribution in [-0.4, -0.2) is 23.6 Å². The predicted molar refractivity (Wildman–Crippen MR) is 82.0 cm³/mol. The molecule has 5 heteroatoms. The fraction of sp³-hybridized carbons (Fsp3) is 0.375. The molecule has 1 aliphatic carbocycles. The van der Waals surface area contributed by atoms with Gasteiger partial charge in [0.15, 0.2) is 0 Å². The minimum Gasteiger partial charge on any atom is -0.497 e. The molecular formula is C16H19N3O2. The number of aromatic nitrogens is 2. The maximum Gasteiger partial charge on any atom is 0.252 e. The van der Waals surface area contributed by atoms with Crippen LogP contribution >= 0.6 is 0 Å². The lowest BCUT2D eigenvalue weighted by molar-refractivity contribution is 0.414. The summed E-state index contributed by atoms with van der Waals surface area (Å²) in [5.41, 5.74) is 1.13. The molecule has 0 radical (unpaired) electrons. The Morgan fingerprint density at radius 3 is 2.76 bits per heavy atom. The van der Waals surface area contributed by atoms with E-state index in [2.05, 4.69) is 15.3 Å². The second kappa shape index (κ2) is 5.99. The van der Waals surface area contributed by atoms with E-state index >= 15 is 0 Å². The van der Waals surface area contributed by atoms with Gasteiger partial charge in [0.25, 0.3) is 5.56 Å². The highest BCUT2D eigenvalue weighted by Gasteiger charge is 2.26. The topological polar surface area (TPSA) is 67.0 Å². The van der Waals surface area contributed by atoms with Crippen molar-refractivity contribution in [1.82, 2.24) is 9.97 Å². The average Bonchev–Trinajstić information content (AvgIpc) is 3.32. The van der Waals surface area contributed by atoms with Crippen molar-refractivity contribution in [3.63, 3.8) is 0 Å². The van der Waals surface area contributed by atoms with Crippen LogP contribution in [0.4, 0.5) is 5.82 Å². The van der Waals surface area contributed by atoms with Crippen molar-refractivity contribution in [1.29, 1.82) is 0 Å². The summed E-state index contributed by atoms with van der Waals surface area (Å²) >= 11 is 0. The van der Waals surface area contributed by atoms with Gasteiger partial charge in [0.05, 0.1) is 7.11 Å². The summed E-state index contributed by atoms with van der Waals surface area (Å²) in [4.78, 5) is 18.9. The average molecular weight is 285 g/mol. The quantitative estimate of drug-likeness (QED) is 0.854. The van der Waals surface area contributed by atoms with Gasteiger partial charge >= 0.3 is 0 Å². The molecule has 2 N–H and O–H groups in total. The Bertz CT molecular complexity index is 660. The maximum absolute atomic E-state index is 11.6. The number of aromatic amines is 1. The van der Waals surface area contributed by atoms with Crippen molar-refractivity contribution < 1.29 is 4.74 Å². The van der Waals surface area contributed by atoms with Crippen molar-refractivity contribution in [2.45, 2.75) is 25.2 Å². The lowest BCUT2D eigenvalue weighted by Crippen LogP contribution is -2.14. The molecule has 0 saturated heterocycles. The minimum atomic E-state index is -0.0844. The van der Waals surface area contributed by atoms with E-state index in [1.807, 2.05) is 24.3 Å². The summed E-state index contributed by atoms with van der Waals surface area (Å²) in [6.45, 7) is 0.743. The van der Waals surface area contributed by atoms with Gasteiger partial charge in [0.1, 0.15) is 17.4 Å². The number of rotatable bonds is 6. The molecule has 0 aliphatic heterocycles. The van der Waals surface area contributed by atoms with Crippen molar-refractivity contribution in [3.05, 3.63) is 52.1 Å². The monoisotopic (exact) mass is 285 g/mol. The first-order valence-corrected chi connectivity index (χ1v) is 7.22. The fourth-order valence-corrected chi connectivity index (χ4v) is 2.24. The van der Waals surface area contributed by atoms with Crippen molar-refractivity contribution >= 4 is 5.82 Å². The van der Waals surface area contributed by atoms with Gasteiger partial charge < -0.3 is 15.0 Å². The zero-order valence-electron chi connectivity index (χ0n) is 12.1. The Morgan fingerprint density at radius 2 is 2.10 bits per heavy atom. The predicted octanol–water partition coefficient (Wildman–Crippen LogP) is 2.31. The lowest BCUT2D eigenvalue weighted by atomic mass is 10.1. The smallest absolute Gasteiger partial charge is 0.252 e. The Hall–Kier alpha value is -2.30. The molecule has 5 nitrogen and oxygen atoms in total. The second-order valence-corrected chi connectivity index (χ2v) is 5.31. The molecule has 0 atom stereocenters. The van der Waals surface area contributed by atoms with E-state index in [0.717, 1.165) is 37.4 Å². The third-order valence-corrected chi connectivity index (χ3v) is 3.60. The number of anilines is 1. The molecule has 110 valence electrons. The Labute approximate surface area is 123 Å². The summed E-state index contributed by atoms with van der Waals surface area (Å²) in [7, 11) is 1.66. The maximum atomic E-state index is 11.6. The largest absolute Gasteiger partial charge is 0.497 e. The first-order valence-electron chi connectivity index (χ1n) is 7.22. The van der Waals surface area contributed by atoms with Gasteiger partial charge in [-0.05, 0) is 37.0 Å². The van der Waals surface area contributed by atoms with Crippen LogP contribution in [0.3, 0.4) is 0 Å². The second-order valence-electron chi connectivity index (χ2n) is 5.31. The van der Waals surface area contributed by atoms with Crippen molar-refractivity contribution in [3.8, 4) is 5.75 Å². The molecule has 1 heterocycles. The van der Waals surface area contributed by atoms with E-state index in [1.54, 1.807) is 7.11 Å². The van der Waals surface area contributed by atoms with Gasteiger partial charge in [-0.15, -0.1) is 0 Å². The zero-order valence-corrected chi connectivity index (χ0v) is 12.1. The van der Waals surface area contributed by atoms with E-state index in [4.69, 9.17) is 4.74 Å². The zero-order chi connectivity index (χ0) is 14.7. The lowest BCUT2D eigenvalue weighted by Gasteiger charge is -2.07. The number of ether oxygens (including phenoxy) is 1. The molecule has 1 aromatic heterocycles. The Balaban J connectivity index is 1.58. The molecule has 1 fully saturated rings. The summed E-state index contributed by atoms with van der Waals surface area (Å²) in [5, 5.41) is 3.22. The van der Waals surface area contributed by atoms with Crippen LogP contribution in [0.15, 0.2) is 35.1 Å². The van der Waals surface area contributed by atoms with Gasteiger partial charge in [0.2, 0.25) is 0 Å². The molecule has 2 aromatic rings. The Morgan fingerprint density at radius 1 is 1.33 bits per heavy atom. The molecule has 1 aliphatic rings. The molecule has 0 amide bonds. The molecular weight excluding hydrogens is 266 g/mol. The molecule has 3 rings (SSSR count). The van der Waals surface area contributed by atoms with Gasteiger partial charge in [-0.3, -0.25) is 4.79 Å². The van der Waals surface area contributed by atoms with E-state index in [0.29, 0.717) is 11.7 Å². The third kappa shape index (κ3) is 3.62. The van der Waals surface area contributed by atoms with Crippen LogP contribution in [0, 0.1) is 0 Å². The molecule has 0 bridgehead atoms. The Kier molecular flexibility index (Phi) is 3.90.